The number of nitrogens with zero attached hydrogens (tertiary/aromatic N) is 1. The molecule has 0 amide bonds. The number of nitrogens with two attached hydrogens (primary N) is 1. The van der Waals surface area contributed by atoms with Crippen LogP contribution in [0.1, 0.15) is 12.8 Å². The molecule has 118 valence electrons. The Hall–Kier alpha value is -0.480. The van der Waals surface area contributed by atoms with Gasteiger partial charge in [-0.25, -0.2) is 16.8 Å². The van der Waals surface area contributed by atoms with Crippen molar-refractivity contribution >= 4 is 35.8 Å². The van der Waals surface area contributed by atoms with Crippen LogP contribution < -0.4 is 5.73 Å². The summed E-state index contributed by atoms with van der Waals surface area (Å²) in [4.78, 5) is 0.152. The lowest BCUT2D eigenvalue weighted by atomic mass is 10.1. The van der Waals surface area contributed by atoms with Crippen LogP contribution in [0.3, 0.4) is 0 Å². The van der Waals surface area contributed by atoms with Crippen LogP contribution >= 0.6 is 15.9 Å². The van der Waals surface area contributed by atoms with Crippen molar-refractivity contribution in [1.82, 2.24) is 4.31 Å². The molecule has 0 aliphatic carbocycles. The maximum Gasteiger partial charge on any atom is 0.244 e. The molecule has 0 saturated carbocycles. The van der Waals surface area contributed by atoms with E-state index in [0.29, 0.717) is 25.9 Å². The van der Waals surface area contributed by atoms with Crippen molar-refractivity contribution in [3.05, 3.63) is 22.7 Å². The zero-order chi connectivity index (χ0) is 15.8. The molecule has 1 fully saturated rings. The molecule has 0 bridgehead atoms. The highest BCUT2D eigenvalue weighted by atomic mass is 79.9. The second-order valence-electron chi connectivity index (χ2n) is 5.11. The third kappa shape index (κ3) is 3.65. The van der Waals surface area contributed by atoms with Crippen LogP contribution in [0.2, 0.25) is 0 Å². The Kier molecular flexibility index (Phi) is 4.79. The number of halogens is 1. The third-order valence-corrected chi connectivity index (χ3v) is 7.43. The highest BCUT2D eigenvalue weighted by Gasteiger charge is 2.30. The predicted octanol–water partition coefficient (Wildman–Crippen LogP) is 0.964. The fraction of sp³-hybridized carbons (Fsp3) is 0.500. The molecule has 0 spiro atoms. The number of hydrogen-bond donors (Lipinski definition) is 1. The average Bonchev–Trinajstić information content (AvgIpc) is 2.37. The Bertz CT molecular complexity index is 739. The summed E-state index contributed by atoms with van der Waals surface area (Å²) >= 11 is 3.16. The maximum absolute atomic E-state index is 12.6. The first-order chi connectivity index (χ1) is 9.62. The smallest absolute Gasteiger partial charge is 0.244 e. The zero-order valence-corrected chi connectivity index (χ0v) is 14.7. The van der Waals surface area contributed by atoms with E-state index >= 15 is 0 Å². The van der Waals surface area contributed by atoms with Crippen molar-refractivity contribution in [2.75, 3.05) is 19.3 Å². The zero-order valence-electron chi connectivity index (χ0n) is 11.5. The summed E-state index contributed by atoms with van der Waals surface area (Å²) in [5, 5.41) is 0. The average molecular weight is 397 g/mol. The van der Waals surface area contributed by atoms with E-state index in [1.807, 2.05) is 0 Å². The molecule has 0 atom stereocenters. The van der Waals surface area contributed by atoms with E-state index in [1.54, 1.807) is 0 Å². The molecule has 2 N–H and O–H groups in total. The van der Waals surface area contributed by atoms with Crippen molar-refractivity contribution in [1.29, 1.82) is 0 Å². The fourth-order valence-electron chi connectivity index (χ4n) is 2.18. The first kappa shape index (κ1) is 16.9. The van der Waals surface area contributed by atoms with Crippen LogP contribution in [-0.4, -0.2) is 46.5 Å². The summed E-state index contributed by atoms with van der Waals surface area (Å²) < 4.78 is 49.8. The van der Waals surface area contributed by atoms with Gasteiger partial charge in [0.05, 0.1) is 9.79 Å². The fourth-order valence-corrected chi connectivity index (χ4v) is 5.48. The van der Waals surface area contributed by atoms with Gasteiger partial charge in [0.2, 0.25) is 10.0 Å². The molecule has 6 nitrogen and oxygen atoms in total. The van der Waals surface area contributed by atoms with Crippen LogP contribution in [0.15, 0.2) is 32.5 Å². The molecule has 1 heterocycles. The minimum absolute atomic E-state index is 0.0347. The van der Waals surface area contributed by atoms with Crippen molar-refractivity contribution in [2.45, 2.75) is 28.7 Å². The number of hydrogen-bond acceptors (Lipinski definition) is 5. The standard InChI is InChI=1S/C12H17BrN2O4S2/c1-20(16,17)10-2-3-12(11(13)8-10)21(18,19)15-6-4-9(14)5-7-15/h2-3,8-9H,4-7,14H2,1H3. The minimum Gasteiger partial charge on any atom is -0.328 e. The van der Waals surface area contributed by atoms with E-state index in [-0.39, 0.29) is 20.3 Å². The molecule has 1 aromatic carbocycles. The maximum atomic E-state index is 12.6. The second kappa shape index (κ2) is 5.96. The topological polar surface area (TPSA) is 97.5 Å². The number of rotatable bonds is 3. The summed E-state index contributed by atoms with van der Waals surface area (Å²) in [6, 6.07) is 3.98. The lowest BCUT2D eigenvalue weighted by Crippen LogP contribution is -2.42. The highest BCUT2D eigenvalue weighted by molar-refractivity contribution is 9.10. The van der Waals surface area contributed by atoms with Gasteiger partial charge in [-0.1, -0.05) is 0 Å². The van der Waals surface area contributed by atoms with Crippen LogP contribution in [0.4, 0.5) is 0 Å². The first-order valence-electron chi connectivity index (χ1n) is 6.38. The molecule has 1 aromatic rings. The Labute approximate surface area is 133 Å². The SMILES string of the molecule is CS(=O)(=O)c1ccc(S(=O)(=O)N2CCC(N)CC2)c(Br)c1. The number of sulfonamides is 1. The summed E-state index contributed by atoms with van der Waals surface area (Å²) in [5.74, 6) is 0. The van der Waals surface area contributed by atoms with Gasteiger partial charge in [-0.3, -0.25) is 0 Å². The molecule has 0 unspecified atom stereocenters. The molecular formula is C12H17BrN2O4S2. The van der Waals surface area contributed by atoms with E-state index in [2.05, 4.69) is 15.9 Å². The molecular weight excluding hydrogens is 380 g/mol. The molecule has 1 aliphatic rings. The lowest BCUT2D eigenvalue weighted by molar-refractivity contribution is 0.320. The van der Waals surface area contributed by atoms with E-state index in [1.165, 1.54) is 22.5 Å². The van der Waals surface area contributed by atoms with Gasteiger partial charge in [0.1, 0.15) is 0 Å². The normalized spacial score (nSPS) is 18.8. The molecule has 0 aromatic heterocycles. The van der Waals surface area contributed by atoms with Crippen molar-refractivity contribution in [3.8, 4) is 0 Å². The largest absolute Gasteiger partial charge is 0.328 e. The summed E-state index contributed by atoms with van der Waals surface area (Å²) in [7, 11) is -7.02. The molecule has 1 aliphatic heterocycles. The molecule has 2 rings (SSSR count). The van der Waals surface area contributed by atoms with Crippen molar-refractivity contribution < 1.29 is 16.8 Å². The van der Waals surface area contributed by atoms with Gasteiger partial charge in [0, 0.05) is 29.9 Å². The Balaban J connectivity index is 2.37. The quantitative estimate of drug-likeness (QED) is 0.820. The Morgan fingerprint density at radius 1 is 1.19 bits per heavy atom. The first-order valence-corrected chi connectivity index (χ1v) is 10.5. The minimum atomic E-state index is -3.64. The van der Waals surface area contributed by atoms with E-state index in [0.717, 1.165) is 6.26 Å². The molecule has 9 heteroatoms. The highest BCUT2D eigenvalue weighted by Crippen LogP contribution is 2.29. The van der Waals surface area contributed by atoms with E-state index in [9.17, 15) is 16.8 Å². The summed E-state index contributed by atoms with van der Waals surface area (Å²) in [5.41, 5.74) is 5.78. The summed E-state index contributed by atoms with van der Waals surface area (Å²) in [6.07, 6.45) is 2.32. The van der Waals surface area contributed by atoms with Gasteiger partial charge in [-0.05, 0) is 47.0 Å². The number of benzene rings is 1. The van der Waals surface area contributed by atoms with Crippen LogP contribution in [0.25, 0.3) is 0 Å². The van der Waals surface area contributed by atoms with Crippen LogP contribution in [0.5, 0.6) is 0 Å². The molecule has 1 saturated heterocycles. The molecule has 21 heavy (non-hydrogen) atoms. The monoisotopic (exact) mass is 396 g/mol. The van der Waals surface area contributed by atoms with Crippen molar-refractivity contribution in [2.24, 2.45) is 5.73 Å². The van der Waals surface area contributed by atoms with Crippen LogP contribution in [0, 0.1) is 0 Å². The third-order valence-electron chi connectivity index (χ3n) is 3.45. The summed E-state index contributed by atoms with van der Waals surface area (Å²) in [6.45, 7) is 0.757. The van der Waals surface area contributed by atoms with Gasteiger partial charge in [-0.15, -0.1) is 0 Å². The van der Waals surface area contributed by atoms with Crippen molar-refractivity contribution in [3.63, 3.8) is 0 Å². The Morgan fingerprint density at radius 3 is 2.24 bits per heavy atom. The van der Waals surface area contributed by atoms with Gasteiger partial charge in [-0.2, -0.15) is 4.31 Å². The van der Waals surface area contributed by atoms with E-state index in [4.69, 9.17) is 5.73 Å². The molecule has 0 radical (unpaired) electrons. The van der Waals surface area contributed by atoms with E-state index < -0.39 is 19.9 Å². The second-order valence-corrected chi connectivity index (χ2v) is 9.88. The van der Waals surface area contributed by atoms with Crippen LogP contribution in [-0.2, 0) is 19.9 Å². The lowest BCUT2D eigenvalue weighted by Gasteiger charge is -2.29. The van der Waals surface area contributed by atoms with Gasteiger partial charge < -0.3 is 5.73 Å². The number of sulfone groups is 1. The predicted molar refractivity (Wildman–Crippen MR) is 83.2 cm³/mol. The van der Waals surface area contributed by atoms with Gasteiger partial charge >= 0.3 is 0 Å². The van der Waals surface area contributed by atoms with Gasteiger partial charge in [0.25, 0.3) is 0 Å². The van der Waals surface area contributed by atoms with Gasteiger partial charge in [0.15, 0.2) is 9.84 Å². The number of piperidine rings is 1. The Morgan fingerprint density at radius 2 is 1.76 bits per heavy atom.